The van der Waals surface area contributed by atoms with Gasteiger partial charge < -0.3 is 14.2 Å². The maximum Gasteiger partial charge on any atom is 0.306 e. The minimum Gasteiger partial charge on any atom is -0.462 e. The molecular formula is C71H118O6. The summed E-state index contributed by atoms with van der Waals surface area (Å²) in [7, 11) is 0. The molecule has 0 N–H and O–H groups in total. The van der Waals surface area contributed by atoms with Crippen LogP contribution in [0.5, 0.6) is 0 Å². The van der Waals surface area contributed by atoms with E-state index in [1.807, 2.05) is 0 Å². The maximum absolute atomic E-state index is 12.9. The maximum atomic E-state index is 12.9. The standard InChI is InChI=1S/C71H118O6/c1-4-7-10-13-16-19-22-25-28-30-32-33-34-35-36-37-39-40-43-46-49-52-55-58-61-64-70(73)76-67-68(66-75-69(72)63-60-57-54-51-48-45-42-27-24-21-18-15-12-9-6-3)77-71(74)65-62-59-56-53-50-47-44-41-38-31-29-26-23-20-17-14-11-8-5-2/h8-9,11-12,17-18,20-21,26-27,29-30,32,38,41-42,47-48,50-51,68H,4-7,10,13-16,19,22-25,28,31,33-37,39-40,43-46,49,52-67H2,1-3H3/b11-8-,12-9-,20-17-,21-18-,29-26-,32-30-,41-38-,42-27-,50-47-,51-48-. The van der Waals surface area contributed by atoms with Gasteiger partial charge in [-0.25, -0.2) is 0 Å². The van der Waals surface area contributed by atoms with Gasteiger partial charge in [-0.15, -0.1) is 0 Å². The molecule has 0 aromatic rings. The summed E-state index contributed by atoms with van der Waals surface area (Å²) in [5, 5.41) is 0. The quantitative estimate of drug-likeness (QED) is 0.0261. The second kappa shape index (κ2) is 64.3. The normalized spacial score (nSPS) is 12.9. The lowest BCUT2D eigenvalue weighted by molar-refractivity contribution is -0.167. The van der Waals surface area contributed by atoms with E-state index in [1.165, 1.54) is 128 Å². The zero-order valence-electron chi connectivity index (χ0n) is 50.2. The highest BCUT2D eigenvalue weighted by Crippen LogP contribution is 2.16. The molecule has 6 heteroatoms. The van der Waals surface area contributed by atoms with Crippen LogP contribution in [0.1, 0.15) is 290 Å². The minimum atomic E-state index is -0.817. The van der Waals surface area contributed by atoms with Crippen LogP contribution in [0.4, 0.5) is 0 Å². The number of esters is 3. The van der Waals surface area contributed by atoms with Crippen molar-refractivity contribution >= 4 is 17.9 Å². The first-order chi connectivity index (χ1) is 38.0. The first-order valence-corrected chi connectivity index (χ1v) is 32.0. The van der Waals surface area contributed by atoms with Crippen molar-refractivity contribution in [1.82, 2.24) is 0 Å². The number of rotatable bonds is 57. The van der Waals surface area contributed by atoms with E-state index in [0.29, 0.717) is 25.7 Å². The van der Waals surface area contributed by atoms with Crippen LogP contribution in [0.15, 0.2) is 122 Å². The molecule has 0 aliphatic carbocycles. The van der Waals surface area contributed by atoms with Gasteiger partial charge in [0, 0.05) is 19.3 Å². The fraction of sp³-hybridized carbons (Fsp3) is 0.676. The molecule has 0 aliphatic heterocycles. The molecule has 77 heavy (non-hydrogen) atoms. The van der Waals surface area contributed by atoms with E-state index in [0.717, 1.165) is 109 Å². The first kappa shape index (κ1) is 72.8. The molecule has 1 unspecified atom stereocenters. The third kappa shape index (κ3) is 62.5. The second-order valence-corrected chi connectivity index (χ2v) is 20.9. The summed E-state index contributed by atoms with van der Waals surface area (Å²) in [5.74, 6) is -0.979. The molecule has 0 fully saturated rings. The summed E-state index contributed by atoms with van der Waals surface area (Å²) >= 11 is 0. The monoisotopic (exact) mass is 1070 g/mol. The lowest BCUT2D eigenvalue weighted by Gasteiger charge is -2.18. The molecule has 438 valence electrons. The molecule has 6 nitrogen and oxygen atoms in total. The van der Waals surface area contributed by atoms with Crippen LogP contribution in [-0.2, 0) is 28.6 Å². The van der Waals surface area contributed by atoms with Gasteiger partial charge in [-0.2, -0.15) is 0 Å². The van der Waals surface area contributed by atoms with E-state index in [9.17, 15) is 14.4 Å². The van der Waals surface area contributed by atoms with Gasteiger partial charge in [0.1, 0.15) is 13.2 Å². The molecule has 0 radical (unpaired) electrons. The van der Waals surface area contributed by atoms with Gasteiger partial charge in [0.05, 0.1) is 0 Å². The lowest BCUT2D eigenvalue weighted by Crippen LogP contribution is -2.30. The number of carbonyl (C=O) groups excluding carboxylic acids is 3. The number of ether oxygens (including phenoxy) is 3. The molecule has 0 amide bonds. The van der Waals surface area contributed by atoms with Crippen LogP contribution in [0.2, 0.25) is 0 Å². The summed E-state index contributed by atoms with van der Waals surface area (Å²) in [6.07, 6.45) is 89.3. The third-order valence-corrected chi connectivity index (χ3v) is 13.4. The Morgan fingerprint density at radius 2 is 0.506 bits per heavy atom. The van der Waals surface area contributed by atoms with E-state index in [4.69, 9.17) is 14.2 Å². The molecule has 0 aromatic heterocycles. The largest absolute Gasteiger partial charge is 0.462 e. The Labute approximate surface area is 475 Å². The number of carbonyl (C=O) groups is 3. The van der Waals surface area contributed by atoms with Crippen LogP contribution in [-0.4, -0.2) is 37.2 Å². The Kier molecular flexibility index (Phi) is 60.8. The first-order valence-electron chi connectivity index (χ1n) is 32.0. The van der Waals surface area contributed by atoms with Crippen molar-refractivity contribution in [3.05, 3.63) is 122 Å². The van der Waals surface area contributed by atoms with Crippen LogP contribution < -0.4 is 0 Å². The minimum absolute atomic E-state index is 0.107. The van der Waals surface area contributed by atoms with E-state index in [-0.39, 0.29) is 37.5 Å². The predicted molar refractivity (Wildman–Crippen MR) is 334 cm³/mol. The van der Waals surface area contributed by atoms with Gasteiger partial charge >= 0.3 is 17.9 Å². The molecule has 0 aliphatic rings. The van der Waals surface area contributed by atoms with Gasteiger partial charge in [0.2, 0.25) is 0 Å². The number of hydrogen-bond acceptors (Lipinski definition) is 6. The van der Waals surface area contributed by atoms with Crippen LogP contribution in [0.25, 0.3) is 0 Å². The van der Waals surface area contributed by atoms with E-state index < -0.39 is 6.10 Å². The van der Waals surface area contributed by atoms with Gasteiger partial charge in [0.25, 0.3) is 0 Å². The summed E-state index contributed by atoms with van der Waals surface area (Å²) < 4.78 is 16.9. The smallest absolute Gasteiger partial charge is 0.306 e. The van der Waals surface area contributed by atoms with Crippen molar-refractivity contribution in [1.29, 1.82) is 0 Å². The second-order valence-electron chi connectivity index (χ2n) is 20.9. The summed E-state index contributed by atoms with van der Waals surface area (Å²) in [4.78, 5) is 38.3. The average molecular weight is 1070 g/mol. The Morgan fingerprint density at radius 1 is 0.273 bits per heavy atom. The zero-order chi connectivity index (χ0) is 55.7. The van der Waals surface area contributed by atoms with Crippen molar-refractivity contribution in [2.24, 2.45) is 0 Å². The molecule has 0 saturated heterocycles. The summed E-state index contributed by atoms with van der Waals surface area (Å²) in [5.41, 5.74) is 0. The SMILES string of the molecule is CC/C=C\C/C=C\C/C=C\C/C=C\C/C=C\CCCCCC(=O)OC(COC(=O)CCCC/C=C\C/C=C\C/C=C\C/C=C\CC)COC(=O)CCCCCCCCCCCCCCC/C=C\CCCCCCCCCC. The third-order valence-electron chi connectivity index (χ3n) is 13.4. The summed E-state index contributed by atoms with van der Waals surface area (Å²) in [6.45, 7) is 6.36. The van der Waals surface area contributed by atoms with Gasteiger partial charge in [0.15, 0.2) is 6.10 Å². The van der Waals surface area contributed by atoms with Crippen molar-refractivity contribution in [2.75, 3.05) is 13.2 Å². The fourth-order valence-electron chi connectivity index (χ4n) is 8.69. The number of hydrogen-bond donors (Lipinski definition) is 0. The highest BCUT2D eigenvalue weighted by atomic mass is 16.6. The topological polar surface area (TPSA) is 78.9 Å². The molecule has 0 rings (SSSR count). The van der Waals surface area contributed by atoms with Crippen LogP contribution in [0, 0.1) is 0 Å². The van der Waals surface area contributed by atoms with Crippen LogP contribution >= 0.6 is 0 Å². The lowest BCUT2D eigenvalue weighted by atomic mass is 10.0. The number of unbranched alkanes of at least 4 members (excludes halogenated alkanes) is 26. The number of allylic oxidation sites excluding steroid dienone is 20. The van der Waals surface area contributed by atoms with Gasteiger partial charge in [-0.1, -0.05) is 264 Å². The zero-order valence-corrected chi connectivity index (χ0v) is 50.2. The molecule has 0 heterocycles. The average Bonchev–Trinajstić information content (AvgIpc) is 3.43. The van der Waals surface area contributed by atoms with Crippen molar-refractivity contribution in [3.63, 3.8) is 0 Å². The van der Waals surface area contributed by atoms with Crippen molar-refractivity contribution in [3.8, 4) is 0 Å². The Hall–Kier alpha value is -4.19. The molecular weight excluding hydrogens is 949 g/mol. The molecule has 0 saturated carbocycles. The highest BCUT2D eigenvalue weighted by Gasteiger charge is 2.19. The predicted octanol–water partition coefficient (Wildman–Crippen LogP) is 22.0. The van der Waals surface area contributed by atoms with Crippen molar-refractivity contribution in [2.45, 2.75) is 297 Å². The molecule has 1 atom stereocenters. The Bertz CT molecular complexity index is 1600. The Balaban J connectivity index is 4.41. The summed E-state index contributed by atoms with van der Waals surface area (Å²) in [6, 6.07) is 0. The fourth-order valence-corrected chi connectivity index (χ4v) is 8.69. The van der Waals surface area contributed by atoms with E-state index in [2.05, 4.69) is 142 Å². The van der Waals surface area contributed by atoms with Crippen molar-refractivity contribution < 1.29 is 28.6 Å². The molecule has 0 spiro atoms. The molecule has 0 bridgehead atoms. The van der Waals surface area contributed by atoms with E-state index >= 15 is 0 Å². The molecule has 0 aromatic carbocycles. The highest BCUT2D eigenvalue weighted by molar-refractivity contribution is 5.71. The Morgan fingerprint density at radius 3 is 0.844 bits per heavy atom. The van der Waals surface area contributed by atoms with Crippen LogP contribution in [0.3, 0.4) is 0 Å². The van der Waals surface area contributed by atoms with Gasteiger partial charge in [-0.3, -0.25) is 14.4 Å². The van der Waals surface area contributed by atoms with E-state index in [1.54, 1.807) is 0 Å². The van der Waals surface area contributed by atoms with Gasteiger partial charge in [-0.05, 0) is 128 Å².